The van der Waals surface area contributed by atoms with Crippen molar-refractivity contribution in [3.05, 3.63) is 54.7 Å². The van der Waals surface area contributed by atoms with Crippen molar-refractivity contribution in [1.82, 2.24) is 19.7 Å². The van der Waals surface area contributed by atoms with Crippen LogP contribution in [0.15, 0.2) is 54.7 Å². The van der Waals surface area contributed by atoms with Crippen LogP contribution in [0.25, 0.3) is 33.4 Å². The summed E-state index contributed by atoms with van der Waals surface area (Å²) < 4.78 is 7.41. The number of imidazole rings is 1. The molecule has 0 radical (unpaired) electrons. The number of nitrogens with zero attached hydrogens (tertiary/aromatic N) is 3. The number of hydrogen-bond acceptors (Lipinski definition) is 3. The Kier molecular flexibility index (Phi) is 3.54. The Bertz CT molecular complexity index is 985. The lowest BCUT2D eigenvalue weighted by Gasteiger charge is -2.07. The Labute approximate surface area is 139 Å². The van der Waals surface area contributed by atoms with Crippen molar-refractivity contribution in [3.63, 3.8) is 0 Å². The molecule has 0 aliphatic heterocycles. The van der Waals surface area contributed by atoms with E-state index in [-0.39, 0.29) is 0 Å². The van der Waals surface area contributed by atoms with Crippen LogP contribution >= 0.6 is 0 Å². The molecule has 0 amide bonds. The van der Waals surface area contributed by atoms with E-state index in [9.17, 15) is 0 Å². The van der Waals surface area contributed by atoms with Gasteiger partial charge in [-0.1, -0.05) is 42.5 Å². The van der Waals surface area contributed by atoms with Crippen LogP contribution < -0.4 is 4.74 Å². The van der Waals surface area contributed by atoms with Gasteiger partial charge in [0, 0.05) is 18.2 Å². The Morgan fingerprint density at radius 2 is 1.88 bits per heavy atom. The Hall–Kier alpha value is -3.08. The summed E-state index contributed by atoms with van der Waals surface area (Å²) >= 11 is 0. The van der Waals surface area contributed by atoms with Crippen LogP contribution in [-0.4, -0.2) is 26.4 Å². The van der Waals surface area contributed by atoms with Gasteiger partial charge in [-0.3, -0.25) is 4.68 Å². The number of aryl methyl sites for hydroxylation is 1. The average molecular weight is 318 g/mol. The number of fused-ring (bicyclic) bond motifs is 1. The molecular formula is C19H18N4O. The monoisotopic (exact) mass is 318 g/mol. The molecule has 0 unspecified atom stereocenters. The second kappa shape index (κ2) is 5.85. The molecule has 5 nitrogen and oxygen atoms in total. The molecule has 5 heteroatoms. The Morgan fingerprint density at radius 3 is 2.67 bits per heavy atom. The van der Waals surface area contributed by atoms with Gasteiger partial charge in [0.25, 0.3) is 6.01 Å². The minimum Gasteiger partial charge on any atom is -0.465 e. The van der Waals surface area contributed by atoms with Crippen molar-refractivity contribution in [2.24, 2.45) is 7.05 Å². The summed E-state index contributed by atoms with van der Waals surface area (Å²) in [6.07, 6.45) is 1.90. The molecule has 120 valence electrons. The second-order valence-corrected chi connectivity index (χ2v) is 5.57. The largest absolute Gasteiger partial charge is 0.465 e. The van der Waals surface area contributed by atoms with Crippen LogP contribution in [0.4, 0.5) is 0 Å². The minimum absolute atomic E-state index is 0.545. The highest BCUT2D eigenvalue weighted by Gasteiger charge is 2.17. The zero-order valence-corrected chi connectivity index (χ0v) is 13.7. The lowest BCUT2D eigenvalue weighted by atomic mass is 10.0. The number of rotatable bonds is 4. The summed E-state index contributed by atoms with van der Waals surface area (Å²) in [4.78, 5) is 7.83. The quantitative estimate of drug-likeness (QED) is 0.618. The first kappa shape index (κ1) is 14.5. The lowest BCUT2D eigenvalue weighted by Crippen LogP contribution is -1.95. The van der Waals surface area contributed by atoms with Crippen LogP contribution in [-0.2, 0) is 7.05 Å². The van der Waals surface area contributed by atoms with Crippen molar-refractivity contribution in [3.8, 4) is 28.4 Å². The minimum atomic E-state index is 0.545. The third kappa shape index (κ3) is 2.34. The summed E-state index contributed by atoms with van der Waals surface area (Å²) in [6.45, 7) is 2.53. The van der Waals surface area contributed by atoms with Gasteiger partial charge in [0.1, 0.15) is 5.52 Å². The maximum absolute atomic E-state index is 5.52. The molecule has 2 heterocycles. The van der Waals surface area contributed by atoms with Crippen molar-refractivity contribution >= 4 is 11.0 Å². The van der Waals surface area contributed by atoms with Gasteiger partial charge in [-0.15, -0.1) is 0 Å². The maximum Gasteiger partial charge on any atom is 0.294 e. The van der Waals surface area contributed by atoms with Crippen LogP contribution in [0.3, 0.4) is 0 Å². The number of para-hydroxylation sites is 1. The van der Waals surface area contributed by atoms with Gasteiger partial charge in [-0.25, -0.2) is 0 Å². The fraction of sp³-hybridized carbons (Fsp3) is 0.158. The normalized spacial score (nSPS) is 11.1. The van der Waals surface area contributed by atoms with E-state index in [2.05, 4.69) is 33.3 Å². The summed E-state index contributed by atoms with van der Waals surface area (Å²) in [7, 11) is 1.96. The fourth-order valence-electron chi connectivity index (χ4n) is 2.99. The second-order valence-electron chi connectivity index (χ2n) is 5.57. The average Bonchev–Trinajstić information content (AvgIpc) is 3.19. The van der Waals surface area contributed by atoms with Crippen molar-refractivity contribution in [2.75, 3.05) is 6.61 Å². The molecule has 1 N–H and O–H groups in total. The number of aromatic nitrogens is 4. The van der Waals surface area contributed by atoms with Gasteiger partial charge < -0.3 is 9.72 Å². The lowest BCUT2D eigenvalue weighted by molar-refractivity contribution is 0.317. The van der Waals surface area contributed by atoms with Crippen LogP contribution in [0.1, 0.15) is 6.92 Å². The molecule has 0 saturated carbocycles. The fourth-order valence-corrected chi connectivity index (χ4v) is 2.99. The van der Waals surface area contributed by atoms with Gasteiger partial charge in [0.2, 0.25) is 0 Å². The Morgan fingerprint density at radius 1 is 1.04 bits per heavy atom. The van der Waals surface area contributed by atoms with E-state index in [0.29, 0.717) is 12.6 Å². The van der Waals surface area contributed by atoms with E-state index in [4.69, 9.17) is 4.74 Å². The zero-order chi connectivity index (χ0) is 16.5. The topological polar surface area (TPSA) is 55.7 Å². The molecule has 2 aromatic carbocycles. The highest BCUT2D eigenvalue weighted by Crippen LogP contribution is 2.35. The van der Waals surface area contributed by atoms with Crippen molar-refractivity contribution in [1.29, 1.82) is 0 Å². The number of benzene rings is 2. The van der Waals surface area contributed by atoms with Crippen LogP contribution in [0.2, 0.25) is 0 Å². The molecule has 0 saturated heterocycles. The summed E-state index contributed by atoms with van der Waals surface area (Å²) in [5.41, 5.74) is 6.15. The van der Waals surface area contributed by atoms with E-state index in [1.165, 1.54) is 0 Å². The number of ether oxygens (including phenoxy) is 1. The summed E-state index contributed by atoms with van der Waals surface area (Å²) in [5, 5.41) is 4.47. The highest BCUT2D eigenvalue weighted by molar-refractivity contribution is 5.95. The third-order valence-electron chi connectivity index (χ3n) is 4.05. The zero-order valence-electron chi connectivity index (χ0n) is 13.7. The summed E-state index contributed by atoms with van der Waals surface area (Å²) in [6, 6.07) is 16.9. The van der Waals surface area contributed by atoms with Gasteiger partial charge in [0.15, 0.2) is 0 Å². The molecule has 0 atom stereocenters. The van der Waals surface area contributed by atoms with E-state index < -0.39 is 0 Å². The molecule has 0 bridgehead atoms. The molecule has 0 fully saturated rings. The number of aromatic amines is 1. The molecule has 4 rings (SSSR count). The van der Waals surface area contributed by atoms with Crippen LogP contribution in [0, 0.1) is 0 Å². The molecule has 2 aromatic heterocycles. The number of H-pyrrole nitrogens is 1. The molecule has 0 aliphatic carbocycles. The van der Waals surface area contributed by atoms with Gasteiger partial charge in [-0.2, -0.15) is 10.1 Å². The smallest absolute Gasteiger partial charge is 0.294 e. The van der Waals surface area contributed by atoms with Crippen molar-refractivity contribution in [2.45, 2.75) is 6.92 Å². The number of hydrogen-bond donors (Lipinski definition) is 1. The standard InChI is InChI=1S/C19H18N4O/c1-3-24-19-21-16-11-7-10-14(17(16)22-19)18-15(12-20-23(18)2)13-8-5-4-6-9-13/h4-12H,3H2,1-2H3,(H,21,22). The molecule has 4 aromatic rings. The van der Waals surface area contributed by atoms with E-state index in [0.717, 1.165) is 33.4 Å². The van der Waals surface area contributed by atoms with E-state index >= 15 is 0 Å². The first-order chi connectivity index (χ1) is 11.8. The van der Waals surface area contributed by atoms with Gasteiger partial charge >= 0.3 is 0 Å². The van der Waals surface area contributed by atoms with Gasteiger partial charge in [0.05, 0.1) is 24.0 Å². The predicted octanol–water partition coefficient (Wildman–Crippen LogP) is 4.03. The molecule has 24 heavy (non-hydrogen) atoms. The SMILES string of the molecule is CCOc1nc2c(-c3c(-c4ccccc4)cnn3C)cccc2[nH]1. The third-order valence-corrected chi connectivity index (χ3v) is 4.05. The van der Waals surface area contributed by atoms with E-state index in [1.807, 2.05) is 55.2 Å². The number of nitrogens with one attached hydrogen (secondary N) is 1. The molecule has 0 spiro atoms. The summed E-state index contributed by atoms with van der Waals surface area (Å²) in [5.74, 6) is 0. The Balaban J connectivity index is 1.94. The van der Waals surface area contributed by atoms with E-state index in [1.54, 1.807) is 0 Å². The van der Waals surface area contributed by atoms with Crippen molar-refractivity contribution < 1.29 is 4.74 Å². The first-order valence-corrected chi connectivity index (χ1v) is 7.97. The predicted molar refractivity (Wildman–Crippen MR) is 94.9 cm³/mol. The van der Waals surface area contributed by atoms with Gasteiger partial charge in [-0.05, 0) is 18.6 Å². The van der Waals surface area contributed by atoms with Crippen LogP contribution in [0.5, 0.6) is 6.01 Å². The molecule has 0 aliphatic rings. The molecular weight excluding hydrogens is 300 g/mol. The first-order valence-electron chi connectivity index (χ1n) is 7.97. The highest BCUT2D eigenvalue weighted by atomic mass is 16.5. The maximum atomic E-state index is 5.52.